The topological polar surface area (TPSA) is 38.3 Å². The molecule has 0 aromatic heterocycles. The minimum atomic E-state index is -0.311. The predicted molar refractivity (Wildman–Crippen MR) is 57.6 cm³/mol. The molecule has 5 heteroatoms. The number of carbonyl (C=O) groups excluding carboxylic acids is 1. The van der Waals surface area contributed by atoms with Gasteiger partial charge >= 0.3 is 0 Å². The molecule has 0 aliphatic heterocycles. The SMILES string of the molecule is CSOCc1c(F)cccc1CNC=O. The maximum absolute atomic E-state index is 13.4. The summed E-state index contributed by atoms with van der Waals surface area (Å²) in [5, 5.41) is 2.50. The molecule has 0 heterocycles. The number of amides is 1. The van der Waals surface area contributed by atoms with Gasteiger partial charge in [0.25, 0.3) is 0 Å². The van der Waals surface area contributed by atoms with Crippen LogP contribution in [0.25, 0.3) is 0 Å². The lowest BCUT2D eigenvalue weighted by molar-refractivity contribution is -0.109. The Labute approximate surface area is 92.2 Å². The lowest BCUT2D eigenvalue weighted by Gasteiger charge is -2.09. The Balaban J connectivity index is 2.82. The van der Waals surface area contributed by atoms with Crippen LogP contribution >= 0.6 is 12.0 Å². The molecule has 0 bridgehead atoms. The van der Waals surface area contributed by atoms with Crippen molar-refractivity contribution < 1.29 is 13.4 Å². The fraction of sp³-hybridized carbons (Fsp3) is 0.300. The van der Waals surface area contributed by atoms with E-state index in [9.17, 15) is 9.18 Å². The van der Waals surface area contributed by atoms with E-state index in [1.54, 1.807) is 18.4 Å². The molecule has 1 aromatic rings. The number of hydrogen-bond acceptors (Lipinski definition) is 3. The van der Waals surface area contributed by atoms with Gasteiger partial charge in [-0.2, -0.15) is 0 Å². The van der Waals surface area contributed by atoms with E-state index in [0.717, 1.165) is 5.56 Å². The molecule has 1 aromatic carbocycles. The zero-order chi connectivity index (χ0) is 11.1. The third-order valence-electron chi connectivity index (χ3n) is 1.91. The fourth-order valence-corrected chi connectivity index (χ4v) is 1.44. The number of nitrogens with one attached hydrogen (secondary N) is 1. The zero-order valence-electron chi connectivity index (χ0n) is 8.33. The Morgan fingerprint density at radius 2 is 2.40 bits per heavy atom. The average Bonchev–Trinajstić information content (AvgIpc) is 2.25. The predicted octanol–water partition coefficient (Wildman–Crippen LogP) is 1.87. The van der Waals surface area contributed by atoms with Crippen molar-refractivity contribution in [2.24, 2.45) is 0 Å². The molecule has 3 nitrogen and oxygen atoms in total. The van der Waals surface area contributed by atoms with Crippen molar-refractivity contribution in [3.63, 3.8) is 0 Å². The fourth-order valence-electron chi connectivity index (χ4n) is 1.20. The summed E-state index contributed by atoms with van der Waals surface area (Å²) in [7, 11) is 0. The quantitative estimate of drug-likeness (QED) is 0.597. The van der Waals surface area contributed by atoms with Crippen LogP contribution in [0.5, 0.6) is 0 Å². The molecule has 82 valence electrons. The number of hydrogen-bond donors (Lipinski definition) is 1. The van der Waals surface area contributed by atoms with Gasteiger partial charge in [-0.25, -0.2) is 4.39 Å². The van der Waals surface area contributed by atoms with Gasteiger partial charge in [0, 0.05) is 18.4 Å². The maximum atomic E-state index is 13.4. The Hall–Kier alpha value is -1.07. The molecule has 0 aliphatic carbocycles. The van der Waals surface area contributed by atoms with Crippen LogP contribution in [0.15, 0.2) is 18.2 Å². The summed E-state index contributed by atoms with van der Waals surface area (Å²) >= 11 is 1.18. The van der Waals surface area contributed by atoms with Crippen LogP contribution in [-0.2, 0) is 22.1 Å². The van der Waals surface area contributed by atoms with Gasteiger partial charge in [-0.05, 0) is 23.7 Å². The molecular weight excluding hydrogens is 217 g/mol. The lowest BCUT2D eigenvalue weighted by Crippen LogP contribution is -2.12. The highest BCUT2D eigenvalue weighted by Crippen LogP contribution is 2.16. The van der Waals surface area contributed by atoms with Crippen molar-refractivity contribution in [3.05, 3.63) is 35.1 Å². The largest absolute Gasteiger partial charge is 0.355 e. The van der Waals surface area contributed by atoms with Gasteiger partial charge in [-0.3, -0.25) is 4.79 Å². The molecule has 1 N–H and O–H groups in total. The number of rotatable bonds is 6. The maximum Gasteiger partial charge on any atom is 0.207 e. The second kappa shape index (κ2) is 6.42. The highest BCUT2D eigenvalue weighted by Gasteiger charge is 2.07. The molecule has 0 unspecified atom stereocenters. The van der Waals surface area contributed by atoms with E-state index in [0.29, 0.717) is 18.5 Å². The second-order valence-electron chi connectivity index (χ2n) is 2.81. The molecule has 0 radical (unpaired) electrons. The summed E-state index contributed by atoms with van der Waals surface area (Å²) in [5.41, 5.74) is 1.22. The molecule has 1 rings (SSSR count). The number of benzene rings is 1. The van der Waals surface area contributed by atoms with E-state index in [1.807, 2.05) is 0 Å². The van der Waals surface area contributed by atoms with Gasteiger partial charge in [0.05, 0.1) is 6.61 Å². The standard InChI is InChI=1S/C10H12FNO2S/c1-15-14-6-9-8(5-12-7-13)3-2-4-10(9)11/h2-4,7H,5-6H2,1H3,(H,12,13). The van der Waals surface area contributed by atoms with Crippen LogP contribution in [-0.4, -0.2) is 12.7 Å². The number of carbonyl (C=O) groups is 1. The number of halogens is 1. The first-order chi connectivity index (χ1) is 7.29. The smallest absolute Gasteiger partial charge is 0.207 e. The van der Waals surface area contributed by atoms with Crippen LogP contribution in [0.2, 0.25) is 0 Å². The zero-order valence-corrected chi connectivity index (χ0v) is 9.14. The van der Waals surface area contributed by atoms with Crippen molar-refractivity contribution >= 4 is 18.5 Å². The van der Waals surface area contributed by atoms with E-state index in [1.165, 1.54) is 18.1 Å². The van der Waals surface area contributed by atoms with Crippen molar-refractivity contribution in [3.8, 4) is 0 Å². The third-order valence-corrected chi connectivity index (χ3v) is 2.27. The normalized spacial score (nSPS) is 10.0. The van der Waals surface area contributed by atoms with E-state index < -0.39 is 0 Å². The van der Waals surface area contributed by atoms with Gasteiger partial charge in [-0.1, -0.05) is 12.1 Å². The van der Waals surface area contributed by atoms with Crippen LogP contribution in [0, 0.1) is 5.82 Å². The van der Waals surface area contributed by atoms with Gasteiger partial charge < -0.3 is 9.50 Å². The summed E-state index contributed by atoms with van der Waals surface area (Å²) in [4.78, 5) is 10.1. The molecule has 0 saturated heterocycles. The molecule has 0 saturated carbocycles. The molecule has 0 fully saturated rings. The third kappa shape index (κ3) is 3.53. The molecule has 0 atom stereocenters. The summed E-state index contributed by atoms with van der Waals surface area (Å²) in [6, 6.07) is 4.75. The highest BCUT2D eigenvalue weighted by molar-refractivity contribution is 7.93. The average molecular weight is 229 g/mol. The van der Waals surface area contributed by atoms with E-state index >= 15 is 0 Å². The van der Waals surface area contributed by atoms with Crippen LogP contribution in [0.1, 0.15) is 11.1 Å². The first-order valence-electron chi connectivity index (χ1n) is 4.38. The molecule has 1 amide bonds. The van der Waals surface area contributed by atoms with Crippen LogP contribution < -0.4 is 5.32 Å². The van der Waals surface area contributed by atoms with Crippen LogP contribution in [0.3, 0.4) is 0 Å². The molecule has 15 heavy (non-hydrogen) atoms. The minimum absolute atomic E-state index is 0.198. The molecular formula is C10H12FNO2S. The molecule has 0 spiro atoms. The summed E-state index contributed by atoms with van der Waals surface area (Å²) in [6.45, 7) is 0.512. The first kappa shape index (κ1) is 12.0. The second-order valence-corrected chi connectivity index (χ2v) is 3.37. The van der Waals surface area contributed by atoms with Gasteiger partial charge in [0.2, 0.25) is 6.41 Å². The summed E-state index contributed by atoms with van der Waals surface area (Å²) < 4.78 is 18.5. The van der Waals surface area contributed by atoms with E-state index in [2.05, 4.69) is 5.32 Å². The Kier molecular flexibility index (Phi) is 5.14. The van der Waals surface area contributed by atoms with Crippen molar-refractivity contribution in [1.82, 2.24) is 5.32 Å². The van der Waals surface area contributed by atoms with E-state index in [-0.39, 0.29) is 12.4 Å². The monoisotopic (exact) mass is 229 g/mol. The van der Waals surface area contributed by atoms with Gasteiger partial charge in [0.1, 0.15) is 5.82 Å². The summed E-state index contributed by atoms with van der Waals surface area (Å²) in [6.07, 6.45) is 2.36. The van der Waals surface area contributed by atoms with Crippen molar-refractivity contribution in [1.29, 1.82) is 0 Å². The lowest BCUT2D eigenvalue weighted by atomic mass is 10.1. The Morgan fingerprint density at radius 1 is 1.60 bits per heavy atom. The Morgan fingerprint density at radius 3 is 3.07 bits per heavy atom. The summed E-state index contributed by atoms with van der Waals surface area (Å²) in [5.74, 6) is -0.311. The van der Waals surface area contributed by atoms with Gasteiger partial charge in [-0.15, -0.1) is 0 Å². The van der Waals surface area contributed by atoms with E-state index in [4.69, 9.17) is 4.18 Å². The Bertz CT molecular complexity index is 333. The minimum Gasteiger partial charge on any atom is -0.355 e. The van der Waals surface area contributed by atoms with Crippen molar-refractivity contribution in [2.75, 3.05) is 6.26 Å². The first-order valence-corrected chi connectivity index (χ1v) is 5.53. The molecule has 0 aliphatic rings. The highest BCUT2D eigenvalue weighted by atomic mass is 32.2. The van der Waals surface area contributed by atoms with Crippen LogP contribution in [0.4, 0.5) is 4.39 Å². The van der Waals surface area contributed by atoms with Gasteiger partial charge in [0.15, 0.2) is 0 Å². The van der Waals surface area contributed by atoms with Crippen molar-refractivity contribution in [2.45, 2.75) is 13.2 Å².